The van der Waals surface area contributed by atoms with Gasteiger partial charge in [0.15, 0.2) is 0 Å². The van der Waals surface area contributed by atoms with Crippen LogP contribution in [-0.2, 0) is 4.79 Å². The number of hydrogen-bond donors (Lipinski definition) is 1. The van der Waals surface area contributed by atoms with Gasteiger partial charge in [-0.25, -0.2) is 0 Å². The van der Waals surface area contributed by atoms with E-state index in [1.54, 1.807) is 6.92 Å². The number of hydrogen-bond acceptors (Lipinski definition) is 3. The fraction of sp³-hybridized carbons (Fsp3) is 0.900. The SMILES string of the molecule is C[C@H](N)C(=O)N1CCC[C@@H](N(C)C)C1. The van der Waals surface area contributed by atoms with Crippen molar-refractivity contribution in [2.45, 2.75) is 31.8 Å². The van der Waals surface area contributed by atoms with E-state index in [2.05, 4.69) is 19.0 Å². The van der Waals surface area contributed by atoms with Gasteiger partial charge in [-0.05, 0) is 33.9 Å². The molecule has 1 rings (SSSR count). The average molecular weight is 199 g/mol. The number of nitrogens with two attached hydrogens (primary N) is 1. The maximum atomic E-state index is 11.6. The summed E-state index contributed by atoms with van der Waals surface area (Å²) in [4.78, 5) is 15.7. The van der Waals surface area contributed by atoms with Crippen molar-refractivity contribution in [2.24, 2.45) is 5.73 Å². The molecule has 0 unspecified atom stereocenters. The van der Waals surface area contributed by atoms with E-state index in [1.807, 2.05) is 4.90 Å². The van der Waals surface area contributed by atoms with Gasteiger partial charge < -0.3 is 15.5 Å². The maximum Gasteiger partial charge on any atom is 0.239 e. The fourth-order valence-corrected chi connectivity index (χ4v) is 1.86. The third kappa shape index (κ3) is 2.69. The second-order valence-electron chi connectivity index (χ2n) is 4.33. The lowest BCUT2D eigenvalue weighted by Crippen LogP contribution is -2.51. The number of carbonyl (C=O) groups is 1. The van der Waals surface area contributed by atoms with E-state index in [0.29, 0.717) is 6.04 Å². The van der Waals surface area contributed by atoms with Crippen LogP contribution in [0.25, 0.3) is 0 Å². The number of piperidine rings is 1. The molecule has 1 amide bonds. The monoisotopic (exact) mass is 199 g/mol. The molecule has 4 heteroatoms. The summed E-state index contributed by atoms with van der Waals surface area (Å²) in [5.41, 5.74) is 5.58. The molecule has 0 aromatic rings. The van der Waals surface area contributed by atoms with Crippen LogP contribution in [0.1, 0.15) is 19.8 Å². The van der Waals surface area contributed by atoms with Gasteiger partial charge in [0.2, 0.25) is 5.91 Å². The molecule has 1 saturated heterocycles. The first-order chi connectivity index (χ1) is 6.52. The summed E-state index contributed by atoms with van der Waals surface area (Å²) in [7, 11) is 4.12. The highest BCUT2D eigenvalue weighted by molar-refractivity contribution is 5.81. The van der Waals surface area contributed by atoms with Gasteiger partial charge in [0.1, 0.15) is 0 Å². The topological polar surface area (TPSA) is 49.6 Å². The van der Waals surface area contributed by atoms with Crippen molar-refractivity contribution in [1.29, 1.82) is 0 Å². The Morgan fingerprint density at radius 3 is 2.71 bits per heavy atom. The number of likely N-dealkylation sites (tertiary alicyclic amines) is 1. The first kappa shape index (κ1) is 11.5. The van der Waals surface area contributed by atoms with Crippen molar-refractivity contribution in [3.05, 3.63) is 0 Å². The zero-order valence-electron chi connectivity index (χ0n) is 9.36. The Kier molecular flexibility index (Phi) is 3.89. The number of rotatable bonds is 2. The molecule has 0 bridgehead atoms. The molecule has 4 nitrogen and oxygen atoms in total. The van der Waals surface area contributed by atoms with Crippen LogP contribution in [0.15, 0.2) is 0 Å². The lowest BCUT2D eigenvalue weighted by Gasteiger charge is -2.36. The van der Waals surface area contributed by atoms with Gasteiger partial charge in [0.05, 0.1) is 6.04 Å². The molecular formula is C10H21N3O. The zero-order valence-corrected chi connectivity index (χ0v) is 9.36. The largest absolute Gasteiger partial charge is 0.340 e. The van der Waals surface area contributed by atoms with Gasteiger partial charge >= 0.3 is 0 Å². The van der Waals surface area contributed by atoms with Crippen LogP contribution < -0.4 is 5.73 Å². The Morgan fingerprint density at radius 1 is 1.57 bits per heavy atom. The summed E-state index contributed by atoms with van der Waals surface area (Å²) in [6.45, 7) is 3.44. The minimum absolute atomic E-state index is 0.0801. The lowest BCUT2D eigenvalue weighted by molar-refractivity contribution is -0.134. The van der Waals surface area contributed by atoms with Crippen molar-refractivity contribution < 1.29 is 4.79 Å². The summed E-state index contributed by atoms with van der Waals surface area (Å²) >= 11 is 0. The highest BCUT2D eigenvalue weighted by atomic mass is 16.2. The molecule has 1 fully saturated rings. The molecule has 0 radical (unpaired) electrons. The van der Waals surface area contributed by atoms with Crippen LogP contribution >= 0.6 is 0 Å². The molecule has 2 atom stereocenters. The van der Waals surface area contributed by atoms with Crippen molar-refractivity contribution >= 4 is 5.91 Å². The standard InChI is InChI=1S/C10H21N3O/c1-8(11)10(14)13-6-4-5-9(7-13)12(2)3/h8-9H,4-7,11H2,1-3H3/t8-,9+/m0/s1. The van der Waals surface area contributed by atoms with Gasteiger partial charge in [-0.15, -0.1) is 0 Å². The molecule has 1 aliphatic heterocycles. The van der Waals surface area contributed by atoms with Crippen LogP contribution in [0.3, 0.4) is 0 Å². The lowest BCUT2D eigenvalue weighted by atomic mass is 10.0. The molecule has 1 aliphatic rings. The average Bonchev–Trinajstić information content (AvgIpc) is 2.16. The molecule has 2 N–H and O–H groups in total. The predicted molar refractivity (Wildman–Crippen MR) is 56.9 cm³/mol. The Hall–Kier alpha value is -0.610. The van der Waals surface area contributed by atoms with E-state index in [4.69, 9.17) is 5.73 Å². The third-order valence-corrected chi connectivity index (χ3v) is 2.83. The number of amides is 1. The van der Waals surface area contributed by atoms with Crippen LogP contribution in [-0.4, -0.2) is 55.0 Å². The predicted octanol–water partition coefficient (Wildman–Crippen LogP) is -0.114. The van der Waals surface area contributed by atoms with Gasteiger partial charge in [-0.2, -0.15) is 0 Å². The first-order valence-corrected chi connectivity index (χ1v) is 5.23. The first-order valence-electron chi connectivity index (χ1n) is 5.23. The molecule has 0 aliphatic carbocycles. The van der Waals surface area contributed by atoms with E-state index in [1.165, 1.54) is 6.42 Å². The summed E-state index contributed by atoms with van der Waals surface area (Å²) in [5, 5.41) is 0. The maximum absolute atomic E-state index is 11.6. The van der Waals surface area contributed by atoms with Crippen LogP contribution in [0.2, 0.25) is 0 Å². The van der Waals surface area contributed by atoms with Crippen LogP contribution in [0.5, 0.6) is 0 Å². The van der Waals surface area contributed by atoms with E-state index in [-0.39, 0.29) is 11.9 Å². The van der Waals surface area contributed by atoms with E-state index in [9.17, 15) is 4.79 Å². The van der Waals surface area contributed by atoms with Crippen molar-refractivity contribution in [3.63, 3.8) is 0 Å². The minimum atomic E-state index is -0.365. The zero-order chi connectivity index (χ0) is 10.7. The fourth-order valence-electron chi connectivity index (χ4n) is 1.86. The summed E-state index contributed by atoms with van der Waals surface area (Å²) in [6.07, 6.45) is 2.26. The molecule has 0 spiro atoms. The van der Waals surface area contributed by atoms with Gasteiger partial charge in [-0.1, -0.05) is 0 Å². The quantitative estimate of drug-likeness (QED) is 0.675. The second kappa shape index (κ2) is 4.75. The minimum Gasteiger partial charge on any atom is -0.340 e. The van der Waals surface area contributed by atoms with E-state index in [0.717, 1.165) is 19.5 Å². The summed E-state index contributed by atoms with van der Waals surface area (Å²) in [5.74, 6) is 0.0801. The van der Waals surface area contributed by atoms with E-state index < -0.39 is 0 Å². The van der Waals surface area contributed by atoms with Crippen molar-refractivity contribution in [3.8, 4) is 0 Å². The third-order valence-electron chi connectivity index (χ3n) is 2.83. The Labute approximate surface area is 86.0 Å². The molecule has 1 heterocycles. The molecule has 0 aromatic carbocycles. The van der Waals surface area contributed by atoms with Gasteiger partial charge in [0.25, 0.3) is 0 Å². The van der Waals surface area contributed by atoms with Crippen molar-refractivity contribution in [1.82, 2.24) is 9.80 Å². The van der Waals surface area contributed by atoms with Crippen LogP contribution in [0, 0.1) is 0 Å². The smallest absolute Gasteiger partial charge is 0.239 e. The Morgan fingerprint density at radius 2 is 2.21 bits per heavy atom. The Balaban J connectivity index is 2.51. The van der Waals surface area contributed by atoms with Gasteiger partial charge in [0, 0.05) is 19.1 Å². The molecule has 82 valence electrons. The molecule has 14 heavy (non-hydrogen) atoms. The molecule has 0 saturated carbocycles. The summed E-state index contributed by atoms with van der Waals surface area (Å²) < 4.78 is 0. The number of likely N-dealkylation sites (N-methyl/N-ethyl adjacent to an activating group) is 1. The van der Waals surface area contributed by atoms with Crippen LogP contribution in [0.4, 0.5) is 0 Å². The number of nitrogens with zero attached hydrogens (tertiary/aromatic N) is 2. The highest BCUT2D eigenvalue weighted by Crippen LogP contribution is 2.14. The summed E-state index contributed by atoms with van der Waals surface area (Å²) in [6, 6.07) is 0.127. The molecule has 0 aromatic heterocycles. The molecular weight excluding hydrogens is 178 g/mol. The van der Waals surface area contributed by atoms with E-state index >= 15 is 0 Å². The second-order valence-corrected chi connectivity index (χ2v) is 4.33. The normalized spacial score (nSPS) is 25.2. The number of carbonyl (C=O) groups excluding carboxylic acids is 1. The van der Waals surface area contributed by atoms with Gasteiger partial charge in [-0.3, -0.25) is 4.79 Å². The Bertz CT molecular complexity index is 204. The highest BCUT2D eigenvalue weighted by Gasteiger charge is 2.25. The van der Waals surface area contributed by atoms with Crippen molar-refractivity contribution in [2.75, 3.05) is 27.2 Å².